The van der Waals surface area contributed by atoms with Crippen molar-refractivity contribution >= 4 is 11.8 Å². The summed E-state index contributed by atoms with van der Waals surface area (Å²) in [6.07, 6.45) is 3.53. The van der Waals surface area contributed by atoms with E-state index in [2.05, 4.69) is 5.10 Å². The van der Waals surface area contributed by atoms with Gasteiger partial charge >= 0.3 is 0 Å². The highest BCUT2D eigenvalue weighted by Gasteiger charge is 2.15. The van der Waals surface area contributed by atoms with Crippen molar-refractivity contribution in [3.05, 3.63) is 42.2 Å². The molecule has 0 atom stereocenters. The van der Waals surface area contributed by atoms with Crippen LogP contribution >= 0.6 is 0 Å². The van der Waals surface area contributed by atoms with E-state index in [1.807, 2.05) is 12.3 Å². The summed E-state index contributed by atoms with van der Waals surface area (Å²) in [5.74, 6) is -0.0212. The minimum Gasteiger partial charge on any atom is -0.493 e. The average molecular weight is 332 g/mol. The van der Waals surface area contributed by atoms with Crippen molar-refractivity contribution in [2.75, 3.05) is 27.3 Å². The molecule has 24 heavy (non-hydrogen) atoms. The van der Waals surface area contributed by atoms with Gasteiger partial charge < -0.3 is 20.1 Å². The van der Waals surface area contributed by atoms with Crippen molar-refractivity contribution in [3.8, 4) is 11.5 Å². The second-order valence-electron chi connectivity index (χ2n) is 5.12. The van der Waals surface area contributed by atoms with Crippen molar-refractivity contribution in [2.24, 2.45) is 5.73 Å². The van der Waals surface area contributed by atoms with Gasteiger partial charge in [-0.3, -0.25) is 14.3 Å². The number of hydrogen-bond acceptors (Lipinski definition) is 5. The van der Waals surface area contributed by atoms with E-state index < -0.39 is 5.91 Å². The molecule has 0 fully saturated rings. The Morgan fingerprint density at radius 2 is 2.12 bits per heavy atom. The van der Waals surface area contributed by atoms with E-state index in [1.165, 1.54) is 7.11 Å². The maximum atomic E-state index is 12.5. The molecule has 0 aliphatic rings. The van der Waals surface area contributed by atoms with Gasteiger partial charge in [0.1, 0.15) is 0 Å². The van der Waals surface area contributed by atoms with Crippen LogP contribution in [0.2, 0.25) is 0 Å². The first kappa shape index (κ1) is 17.3. The molecule has 1 aromatic heterocycles. The number of amides is 2. The molecule has 128 valence electrons. The van der Waals surface area contributed by atoms with E-state index in [-0.39, 0.29) is 12.5 Å². The lowest BCUT2D eigenvalue weighted by molar-refractivity contribution is -0.119. The minimum absolute atomic E-state index is 0.151. The van der Waals surface area contributed by atoms with Gasteiger partial charge in [0.15, 0.2) is 18.1 Å². The Morgan fingerprint density at radius 3 is 2.75 bits per heavy atom. The average Bonchev–Trinajstić information content (AvgIpc) is 3.10. The molecule has 0 saturated heterocycles. The predicted octanol–water partition coefficient (Wildman–Crippen LogP) is 0.528. The molecule has 0 unspecified atom stereocenters. The molecule has 0 aliphatic carbocycles. The first-order valence-electron chi connectivity index (χ1n) is 7.33. The van der Waals surface area contributed by atoms with Crippen LogP contribution in [0.25, 0.3) is 0 Å². The Kier molecular flexibility index (Phi) is 5.78. The molecule has 2 amide bonds. The zero-order valence-corrected chi connectivity index (χ0v) is 13.6. The van der Waals surface area contributed by atoms with Gasteiger partial charge in [0.25, 0.3) is 11.8 Å². The van der Waals surface area contributed by atoms with Crippen LogP contribution in [0.4, 0.5) is 0 Å². The summed E-state index contributed by atoms with van der Waals surface area (Å²) in [6, 6.07) is 6.60. The van der Waals surface area contributed by atoms with Gasteiger partial charge in [0.2, 0.25) is 0 Å². The third-order valence-electron chi connectivity index (χ3n) is 3.35. The van der Waals surface area contributed by atoms with E-state index >= 15 is 0 Å². The van der Waals surface area contributed by atoms with Gasteiger partial charge in [-0.05, 0) is 24.3 Å². The van der Waals surface area contributed by atoms with Crippen LogP contribution in [0.3, 0.4) is 0 Å². The van der Waals surface area contributed by atoms with Crippen LogP contribution in [-0.2, 0) is 11.3 Å². The maximum absolute atomic E-state index is 12.5. The Labute approximate surface area is 139 Å². The van der Waals surface area contributed by atoms with Crippen LogP contribution in [0, 0.1) is 0 Å². The van der Waals surface area contributed by atoms with Crippen molar-refractivity contribution in [3.63, 3.8) is 0 Å². The van der Waals surface area contributed by atoms with E-state index in [1.54, 1.807) is 41.0 Å². The standard InChI is InChI=1S/C16H20N4O4/c1-19(8-9-20-7-3-6-18-20)16(22)12-4-5-13(14(10-12)23-2)24-11-15(17)21/h3-7,10H,8-9,11H2,1-2H3,(H2,17,21). The highest BCUT2D eigenvalue weighted by atomic mass is 16.5. The van der Waals surface area contributed by atoms with Crippen LogP contribution in [-0.4, -0.2) is 53.8 Å². The van der Waals surface area contributed by atoms with Crippen LogP contribution in [0.15, 0.2) is 36.7 Å². The highest BCUT2D eigenvalue weighted by Crippen LogP contribution is 2.28. The monoisotopic (exact) mass is 332 g/mol. The largest absolute Gasteiger partial charge is 0.493 e. The fourth-order valence-corrected chi connectivity index (χ4v) is 2.08. The molecule has 0 saturated carbocycles. The molecule has 1 heterocycles. The van der Waals surface area contributed by atoms with Crippen molar-refractivity contribution < 1.29 is 19.1 Å². The van der Waals surface area contributed by atoms with Gasteiger partial charge in [0, 0.05) is 31.5 Å². The number of nitrogens with zero attached hydrogens (tertiary/aromatic N) is 3. The topological polar surface area (TPSA) is 99.7 Å². The third kappa shape index (κ3) is 4.48. The summed E-state index contributed by atoms with van der Waals surface area (Å²) >= 11 is 0. The van der Waals surface area contributed by atoms with E-state index in [4.69, 9.17) is 15.2 Å². The number of methoxy groups -OCH3 is 1. The van der Waals surface area contributed by atoms with E-state index in [9.17, 15) is 9.59 Å². The number of carbonyl (C=O) groups is 2. The zero-order chi connectivity index (χ0) is 17.5. The van der Waals surface area contributed by atoms with E-state index in [0.29, 0.717) is 30.2 Å². The lowest BCUT2D eigenvalue weighted by Crippen LogP contribution is -2.30. The predicted molar refractivity (Wildman–Crippen MR) is 86.9 cm³/mol. The second kappa shape index (κ2) is 8.00. The molecule has 0 bridgehead atoms. The summed E-state index contributed by atoms with van der Waals surface area (Å²) < 4.78 is 12.2. The quantitative estimate of drug-likeness (QED) is 0.760. The lowest BCUT2D eigenvalue weighted by atomic mass is 10.1. The Morgan fingerprint density at radius 1 is 1.33 bits per heavy atom. The SMILES string of the molecule is COc1cc(C(=O)N(C)CCn2cccn2)ccc1OCC(N)=O. The van der Waals surface area contributed by atoms with Crippen LogP contribution in [0.1, 0.15) is 10.4 Å². The van der Waals surface area contributed by atoms with Gasteiger partial charge in [-0.25, -0.2) is 0 Å². The smallest absolute Gasteiger partial charge is 0.255 e. The van der Waals surface area contributed by atoms with Crippen LogP contribution < -0.4 is 15.2 Å². The molecule has 2 rings (SSSR count). The molecule has 2 N–H and O–H groups in total. The summed E-state index contributed by atoms with van der Waals surface area (Å²) in [5.41, 5.74) is 5.51. The summed E-state index contributed by atoms with van der Waals surface area (Å²) in [7, 11) is 3.18. The Bertz CT molecular complexity index is 700. The number of primary amides is 1. The number of hydrogen-bond donors (Lipinski definition) is 1. The fraction of sp³-hybridized carbons (Fsp3) is 0.312. The Hall–Kier alpha value is -3.03. The molecule has 0 spiro atoms. The van der Waals surface area contributed by atoms with Gasteiger partial charge in [0.05, 0.1) is 13.7 Å². The first-order chi connectivity index (χ1) is 11.5. The number of ether oxygens (including phenoxy) is 2. The molecule has 1 aromatic carbocycles. The zero-order valence-electron chi connectivity index (χ0n) is 13.6. The molecule has 8 nitrogen and oxygen atoms in total. The lowest BCUT2D eigenvalue weighted by Gasteiger charge is -2.18. The fourth-order valence-electron chi connectivity index (χ4n) is 2.08. The normalized spacial score (nSPS) is 10.2. The van der Waals surface area contributed by atoms with E-state index in [0.717, 1.165) is 0 Å². The number of carbonyl (C=O) groups excluding carboxylic acids is 2. The molecule has 2 aromatic rings. The maximum Gasteiger partial charge on any atom is 0.255 e. The Balaban J connectivity index is 2.03. The third-order valence-corrected chi connectivity index (χ3v) is 3.35. The molecular weight excluding hydrogens is 312 g/mol. The summed E-state index contributed by atoms with van der Waals surface area (Å²) in [6.45, 7) is 0.863. The number of aromatic nitrogens is 2. The number of benzene rings is 1. The number of rotatable bonds is 8. The van der Waals surface area contributed by atoms with Crippen molar-refractivity contribution in [1.29, 1.82) is 0 Å². The molecule has 0 radical (unpaired) electrons. The van der Waals surface area contributed by atoms with Gasteiger partial charge in [-0.1, -0.05) is 0 Å². The molecule has 8 heteroatoms. The molecule has 0 aliphatic heterocycles. The number of likely N-dealkylation sites (N-methyl/N-ethyl adjacent to an activating group) is 1. The van der Waals surface area contributed by atoms with Crippen molar-refractivity contribution in [1.82, 2.24) is 14.7 Å². The first-order valence-corrected chi connectivity index (χ1v) is 7.33. The summed E-state index contributed by atoms with van der Waals surface area (Å²) in [5, 5.41) is 4.10. The van der Waals surface area contributed by atoms with Crippen LogP contribution in [0.5, 0.6) is 11.5 Å². The highest BCUT2D eigenvalue weighted by molar-refractivity contribution is 5.94. The second-order valence-corrected chi connectivity index (χ2v) is 5.12. The number of nitrogens with two attached hydrogens (primary N) is 1. The van der Waals surface area contributed by atoms with Gasteiger partial charge in [-0.2, -0.15) is 5.10 Å². The summed E-state index contributed by atoms with van der Waals surface area (Å²) in [4.78, 5) is 24.9. The van der Waals surface area contributed by atoms with Crippen molar-refractivity contribution in [2.45, 2.75) is 6.54 Å². The minimum atomic E-state index is -0.587. The molecular formula is C16H20N4O4. The van der Waals surface area contributed by atoms with Gasteiger partial charge in [-0.15, -0.1) is 0 Å².